The van der Waals surface area contributed by atoms with E-state index >= 15 is 0 Å². The zero-order valence-electron chi connectivity index (χ0n) is 22.0. The predicted molar refractivity (Wildman–Crippen MR) is 145 cm³/mol. The molecule has 1 amide bonds. The average molecular weight is 646 g/mol. The van der Waals surface area contributed by atoms with Crippen molar-refractivity contribution >= 4 is 26.8 Å². The van der Waals surface area contributed by atoms with Crippen LogP contribution in [0.2, 0.25) is 0 Å². The molecule has 0 saturated carbocycles. The Labute approximate surface area is 247 Å². The fourth-order valence-corrected chi connectivity index (χ4v) is 5.47. The molecule has 2 N–H and O–H groups in total. The summed E-state index contributed by atoms with van der Waals surface area (Å²) in [5, 5.41) is 12.2. The fourth-order valence-electron chi connectivity index (χ4n) is 4.58. The second-order valence-corrected chi connectivity index (χ2v) is 11.7. The van der Waals surface area contributed by atoms with Gasteiger partial charge in [-0.2, -0.15) is 13.2 Å². The highest BCUT2D eigenvalue weighted by molar-refractivity contribution is 7.91. The number of hydrogen-bond donors (Lipinski definition) is 2. The van der Waals surface area contributed by atoms with Crippen molar-refractivity contribution in [2.45, 2.75) is 44.3 Å². The number of aliphatic hydroxyl groups excluding tert-OH is 1. The summed E-state index contributed by atoms with van der Waals surface area (Å²) in [6.45, 7) is 0.00649. The van der Waals surface area contributed by atoms with Crippen molar-refractivity contribution in [2.24, 2.45) is 0 Å². The molecule has 1 aromatic heterocycles. The van der Waals surface area contributed by atoms with Gasteiger partial charge in [0.2, 0.25) is 5.82 Å². The van der Waals surface area contributed by atoms with Crippen molar-refractivity contribution in [3.63, 3.8) is 0 Å². The summed E-state index contributed by atoms with van der Waals surface area (Å²) in [6, 6.07) is 8.82. The Kier molecular flexibility index (Phi) is 8.63. The van der Waals surface area contributed by atoms with Gasteiger partial charge in [-0.1, -0.05) is 32.5 Å². The third kappa shape index (κ3) is 6.17. The first-order chi connectivity index (χ1) is 20.1. The van der Waals surface area contributed by atoms with Crippen LogP contribution in [0.25, 0.3) is 11.0 Å². The normalized spacial score (nSPS) is 14.7. The molecule has 9 nitrogen and oxygen atoms in total. The van der Waals surface area contributed by atoms with Gasteiger partial charge < -0.3 is 24.5 Å². The highest BCUT2D eigenvalue weighted by Gasteiger charge is 2.45. The lowest BCUT2D eigenvalue weighted by Crippen LogP contribution is -2.31. The van der Waals surface area contributed by atoms with Crippen molar-refractivity contribution in [3.8, 4) is 11.5 Å². The number of nitrogens with zero attached hydrogens (tertiary/aromatic N) is 2. The lowest BCUT2D eigenvalue weighted by molar-refractivity contribution is -0.287. The van der Waals surface area contributed by atoms with Crippen LogP contribution in [-0.4, -0.2) is 47.6 Å². The molecule has 0 bridgehead atoms. The molecule has 236 valence electrons. The summed E-state index contributed by atoms with van der Waals surface area (Å²) in [4.78, 5) is 16.3. The van der Waals surface area contributed by atoms with Gasteiger partial charge >= 0.3 is 12.5 Å². The zero-order valence-corrected chi connectivity index (χ0v) is 22.8. The van der Waals surface area contributed by atoms with Crippen LogP contribution >= 0.6 is 0 Å². The van der Waals surface area contributed by atoms with Crippen molar-refractivity contribution in [2.75, 3.05) is 12.4 Å². The number of carbonyl (C=O) groups is 1. The Balaban J connectivity index is 0.00000442. The summed E-state index contributed by atoms with van der Waals surface area (Å²) in [7, 11) is -3.72. The number of amides is 1. The molecule has 16 heteroatoms. The molecule has 0 fully saturated rings. The van der Waals surface area contributed by atoms with Gasteiger partial charge in [-0.15, -0.1) is 8.78 Å². The minimum Gasteiger partial charge on any atom is -0.395 e. The topological polar surface area (TPSA) is 120 Å². The molecule has 0 saturated heterocycles. The van der Waals surface area contributed by atoms with E-state index in [1.807, 2.05) is 0 Å². The van der Waals surface area contributed by atoms with E-state index in [-0.39, 0.29) is 51.5 Å². The van der Waals surface area contributed by atoms with E-state index in [1.54, 1.807) is 0 Å². The molecule has 1 aliphatic heterocycles. The van der Waals surface area contributed by atoms with Crippen molar-refractivity contribution in [3.05, 3.63) is 82.9 Å². The molecule has 0 unspecified atom stereocenters. The summed E-state index contributed by atoms with van der Waals surface area (Å²) < 4.78 is 118. The number of benzene rings is 3. The van der Waals surface area contributed by atoms with Crippen LogP contribution in [0.15, 0.2) is 59.5 Å². The van der Waals surface area contributed by atoms with Gasteiger partial charge in [0, 0.05) is 16.7 Å². The number of aromatic nitrogens is 2. The van der Waals surface area contributed by atoms with Crippen LogP contribution in [0.5, 0.6) is 11.5 Å². The van der Waals surface area contributed by atoms with Gasteiger partial charge in [-0.05, 0) is 36.4 Å². The predicted octanol–water partition coefficient (Wildman–Crippen LogP) is 5.46. The van der Waals surface area contributed by atoms with E-state index in [1.165, 1.54) is 37.3 Å². The van der Waals surface area contributed by atoms with Gasteiger partial charge in [0.15, 0.2) is 21.3 Å². The Bertz CT molecular complexity index is 1840. The Morgan fingerprint density at radius 1 is 1.11 bits per heavy atom. The summed E-state index contributed by atoms with van der Waals surface area (Å²) in [5.41, 5.74) is -0.818. The molecule has 1 atom stereocenters. The minimum atomic E-state index is -4.97. The summed E-state index contributed by atoms with van der Waals surface area (Å²) in [6.07, 6.45) is -8.97. The third-order valence-corrected chi connectivity index (χ3v) is 8.41. The average Bonchev–Trinajstić information content (AvgIpc) is 3.47. The lowest BCUT2D eigenvalue weighted by Gasteiger charge is -2.18. The quantitative estimate of drug-likeness (QED) is 0.245. The first-order valence-electron chi connectivity index (χ1n) is 12.5. The number of rotatable bonds is 8. The first kappa shape index (κ1) is 32.6. The van der Waals surface area contributed by atoms with Gasteiger partial charge in [0.1, 0.15) is 5.82 Å². The molecule has 1 aliphatic rings. The van der Waals surface area contributed by atoms with Crippen LogP contribution in [0.1, 0.15) is 47.7 Å². The maximum Gasteiger partial charge on any atom is 0.586 e. The van der Waals surface area contributed by atoms with Gasteiger partial charge in [-0.25, -0.2) is 17.8 Å². The molecule has 3 aromatic carbocycles. The second-order valence-electron chi connectivity index (χ2n) is 9.43. The van der Waals surface area contributed by atoms with E-state index in [2.05, 4.69) is 19.8 Å². The Hall–Kier alpha value is -4.31. The van der Waals surface area contributed by atoms with Crippen LogP contribution in [0, 0.1) is 5.82 Å². The molecular weight excluding hydrogens is 620 g/mol. The number of hydrogen-bond acceptors (Lipinski definition) is 7. The van der Waals surface area contributed by atoms with Crippen LogP contribution in [0.4, 0.5) is 26.3 Å². The first-order valence-corrected chi connectivity index (χ1v) is 14.2. The minimum absolute atomic E-state index is 0. The Morgan fingerprint density at radius 3 is 2.48 bits per heavy atom. The number of halogens is 6. The number of alkyl halides is 5. The van der Waals surface area contributed by atoms with Crippen molar-refractivity contribution in [1.82, 2.24) is 14.9 Å². The third-order valence-electron chi connectivity index (χ3n) is 6.68. The summed E-state index contributed by atoms with van der Waals surface area (Å²) in [5.74, 6) is -4.33. The molecule has 5 rings (SSSR count). The summed E-state index contributed by atoms with van der Waals surface area (Å²) >= 11 is 0. The highest BCUT2D eigenvalue weighted by atomic mass is 32.2. The van der Waals surface area contributed by atoms with E-state index < -0.39 is 64.8 Å². The smallest absolute Gasteiger partial charge is 0.395 e. The molecule has 0 spiro atoms. The van der Waals surface area contributed by atoms with Crippen LogP contribution in [0.3, 0.4) is 0 Å². The largest absolute Gasteiger partial charge is 0.586 e. The monoisotopic (exact) mass is 645 g/mol. The standard InChI is InChI=1S/C27H21F6N3O6S.CH4/c1-2-43(39,40)16-7-8-17(18(28)11-16)20(13-37)34-24(38)14-6-9-21-19(10-14)35-25(26(29,30)31)36(21)12-15-4-3-5-22-23(15)42-27(32,33)41-22;/h3-11,20,37H,2,12-13H2,1H3,(H,34,38);1H4/t20-;/m0./s1. The van der Waals surface area contributed by atoms with Crippen molar-refractivity contribution in [1.29, 1.82) is 0 Å². The van der Waals surface area contributed by atoms with E-state index in [0.29, 0.717) is 0 Å². The molecule has 2 heterocycles. The number of fused-ring (bicyclic) bond motifs is 2. The highest BCUT2D eigenvalue weighted by Crippen LogP contribution is 2.44. The molecule has 44 heavy (non-hydrogen) atoms. The number of aliphatic hydroxyl groups is 1. The number of para-hydroxylation sites is 1. The Morgan fingerprint density at radius 2 is 1.84 bits per heavy atom. The molecular formula is C28H25F6N3O6S. The SMILES string of the molecule is C.CCS(=O)(=O)c1ccc([C@H](CO)NC(=O)c2ccc3c(c2)nc(C(F)(F)F)n3Cc2cccc3c2OC(F)(F)O3)c(F)c1. The maximum atomic E-state index is 14.8. The fraction of sp³-hybridized carbons (Fsp3) is 0.286. The van der Waals surface area contributed by atoms with E-state index in [0.717, 1.165) is 28.8 Å². The van der Waals surface area contributed by atoms with Gasteiger partial charge in [0.25, 0.3) is 5.91 Å². The van der Waals surface area contributed by atoms with Gasteiger partial charge in [-0.3, -0.25) is 4.79 Å². The number of ether oxygens (including phenoxy) is 2. The number of carbonyl (C=O) groups excluding carboxylic acids is 1. The number of nitrogens with one attached hydrogen (secondary N) is 1. The number of imidazole rings is 1. The molecule has 0 aliphatic carbocycles. The van der Waals surface area contributed by atoms with Gasteiger partial charge in [0.05, 0.1) is 40.9 Å². The van der Waals surface area contributed by atoms with Crippen molar-refractivity contribution < 1.29 is 54.1 Å². The van der Waals surface area contributed by atoms with E-state index in [4.69, 9.17) is 0 Å². The number of sulfone groups is 1. The van der Waals surface area contributed by atoms with Crippen LogP contribution < -0.4 is 14.8 Å². The zero-order chi connectivity index (χ0) is 31.3. The second kappa shape index (κ2) is 11.6. The van der Waals surface area contributed by atoms with E-state index in [9.17, 15) is 44.7 Å². The maximum absolute atomic E-state index is 14.8. The molecule has 4 aromatic rings. The molecule has 0 radical (unpaired) electrons. The van der Waals surface area contributed by atoms with Crippen LogP contribution in [-0.2, 0) is 22.6 Å². The lowest BCUT2D eigenvalue weighted by atomic mass is 10.1.